The van der Waals surface area contributed by atoms with Crippen molar-refractivity contribution in [3.63, 3.8) is 0 Å². The fraction of sp³-hybridized carbons (Fsp3) is 0.200. The van der Waals surface area contributed by atoms with E-state index in [9.17, 15) is 0 Å². The average Bonchev–Trinajstić information content (AvgIpc) is 3.59. The molecule has 0 bridgehead atoms. The highest BCUT2D eigenvalue weighted by Crippen LogP contribution is 2.42. The minimum Gasteiger partial charge on any atom is -0.399 e. The Balaban J connectivity index is 0.652. The first-order valence-electron chi connectivity index (χ1n) is 20.8. The van der Waals surface area contributed by atoms with E-state index in [2.05, 4.69) is 72.8 Å². The molecule has 0 fully saturated rings. The average molecular weight is 867 g/mol. The number of hydrogen-bond donors (Lipinski definition) is 0. The Hall–Kier alpha value is -5.64. The van der Waals surface area contributed by atoms with Crippen molar-refractivity contribution >= 4 is 103 Å². The minimum atomic E-state index is -1.71. The summed E-state index contributed by atoms with van der Waals surface area (Å²) in [7, 11) is -3.42. The van der Waals surface area contributed by atoms with Crippen LogP contribution in [0.25, 0.3) is 87.0 Å². The van der Waals surface area contributed by atoms with Gasteiger partial charge < -0.3 is 35.7 Å². The summed E-state index contributed by atoms with van der Waals surface area (Å²) in [6.45, 7) is 3.99. The Labute approximate surface area is 358 Å². The Morgan fingerprint density at radius 2 is 0.516 bits per heavy atom. The molecule has 0 saturated heterocycles. The highest BCUT2D eigenvalue weighted by Gasteiger charge is 2.15. The molecule has 10 nitrogen and oxygen atoms in total. The summed E-state index contributed by atoms with van der Waals surface area (Å²) in [5.74, 6) is 0. The third kappa shape index (κ3) is 8.70. The second-order valence-corrected chi connectivity index (χ2v) is 16.7. The molecule has 0 N–H and O–H groups in total. The van der Waals surface area contributed by atoms with Gasteiger partial charge in [-0.05, 0) is 67.4 Å². The SMILES string of the molecule is c1ccc2c(c1)ccc1op(OCCOCCOCCOCCOCCOp3oc4ccc5ccccc5c4c4c(ccc5ccccc54)o3)oc3ccc4ccccc4c3c12. The van der Waals surface area contributed by atoms with Crippen molar-refractivity contribution in [2.24, 2.45) is 0 Å². The van der Waals surface area contributed by atoms with Crippen LogP contribution in [-0.4, -0.2) is 66.1 Å². The highest BCUT2D eigenvalue weighted by atomic mass is 31.1. The van der Waals surface area contributed by atoms with Gasteiger partial charge in [0.15, 0.2) is 0 Å². The summed E-state index contributed by atoms with van der Waals surface area (Å²) in [6.07, 6.45) is 0. The molecule has 0 radical (unpaired) electrons. The van der Waals surface area contributed by atoms with Gasteiger partial charge in [0, 0.05) is 21.5 Å². The van der Waals surface area contributed by atoms with Crippen molar-refractivity contribution in [1.29, 1.82) is 0 Å². The lowest BCUT2D eigenvalue weighted by atomic mass is 9.99. The van der Waals surface area contributed by atoms with Crippen LogP contribution in [0.5, 0.6) is 0 Å². The molecule has 0 spiro atoms. The van der Waals surface area contributed by atoms with Gasteiger partial charge in [-0.1, -0.05) is 121 Å². The smallest absolute Gasteiger partial charge is 0.387 e. The molecule has 0 unspecified atom stereocenters. The summed E-state index contributed by atoms with van der Waals surface area (Å²) in [4.78, 5) is 0. The molecule has 8 aromatic carbocycles. The zero-order chi connectivity index (χ0) is 41.5. The van der Waals surface area contributed by atoms with Gasteiger partial charge in [-0.25, -0.2) is 0 Å². The summed E-state index contributed by atoms with van der Waals surface area (Å²) < 4.78 is 60.7. The predicted molar refractivity (Wildman–Crippen MR) is 249 cm³/mol. The van der Waals surface area contributed by atoms with Crippen molar-refractivity contribution < 1.29 is 44.8 Å². The van der Waals surface area contributed by atoms with E-state index in [1.807, 2.05) is 72.8 Å². The van der Waals surface area contributed by atoms with Crippen LogP contribution in [0, 0.1) is 0 Å². The summed E-state index contributed by atoms with van der Waals surface area (Å²) >= 11 is 0. The van der Waals surface area contributed by atoms with Crippen LogP contribution in [0.3, 0.4) is 0 Å². The Morgan fingerprint density at radius 1 is 0.274 bits per heavy atom. The quantitative estimate of drug-likeness (QED) is 0.0821. The first-order chi connectivity index (χ1) is 30.8. The zero-order valence-corrected chi connectivity index (χ0v) is 35.7. The second kappa shape index (κ2) is 19.2. The predicted octanol–water partition coefficient (Wildman–Crippen LogP) is 13.1. The maximum absolute atomic E-state index is 6.39. The van der Waals surface area contributed by atoms with Gasteiger partial charge >= 0.3 is 16.5 Å². The van der Waals surface area contributed by atoms with Gasteiger partial charge in [-0.3, -0.25) is 9.05 Å². The fourth-order valence-corrected chi connectivity index (χ4v) is 9.89. The van der Waals surface area contributed by atoms with Gasteiger partial charge in [0.05, 0.1) is 66.1 Å². The van der Waals surface area contributed by atoms with Crippen molar-refractivity contribution in [1.82, 2.24) is 0 Å². The summed E-state index contributed by atoms with van der Waals surface area (Å²) in [6, 6.07) is 49.6. The van der Waals surface area contributed by atoms with Crippen LogP contribution in [0.2, 0.25) is 0 Å². The van der Waals surface area contributed by atoms with Crippen LogP contribution >= 0.6 is 16.5 Å². The number of benzene rings is 8. The van der Waals surface area contributed by atoms with Crippen LogP contribution in [0.4, 0.5) is 0 Å². The third-order valence-electron chi connectivity index (χ3n) is 10.7. The van der Waals surface area contributed by atoms with E-state index in [-0.39, 0.29) is 0 Å². The van der Waals surface area contributed by atoms with E-state index in [4.69, 9.17) is 44.8 Å². The molecule has 2 heterocycles. The van der Waals surface area contributed by atoms with E-state index >= 15 is 0 Å². The molecule has 314 valence electrons. The van der Waals surface area contributed by atoms with Crippen molar-refractivity contribution in [3.05, 3.63) is 146 Å². The number of fused-ring (bicyclic) bond motifs is 14. The van der Waals surface area contributed by atoms with Crippen molar-refractivity contribution in [3.8, 4) is 0 Å². The van der Waals surface area contributed by atoms with Crippen molar-refractivity contribution in [2.75, 3.05) is 66.1 Å². The van der Waals surface area contributed by atoms with E-state index in [0.29, 0.717) is 66.1 Å². The fourth-order valence-electron chi connectivity index (χ4n) is 7.91. The van der Waals surface area contributed by atoms with E-state index in [1.54, 1.807) is 0 Å². The molecule has 0 aliphatic carbocycles. The van der Waals surface area contributed by atoms with E-state index in [0.717, 1.165) is 87.0 Å². The lowest BCUT2D eigenvalue weighted by Crippen LogP contribution is -2.14. The molecular weight excluding hydrogens is 822 g/mol. The largest absolute Gasteiger partial charge is 0.399 e. The minimum absolute atomic E-state index is 0.310. The molecule has 10 rings (SSSR count). The Morgan fingerprint density at radius 3 is 0.790 bits per heavy atom. The number of ether oxygens (including phenoxy) is 4. The van der Waals surface area contributed by atoms with Crippen LogP contribution in [0.15, 0.2) is 162 Å². The molecule has 0 amide bonds. The van der Waals surface area contributed by atoms with E-state index in [1.165, 1.54) is 0 Å². The van der Waals surface area contributed by atoms with Gasteiger partial charge in [0.1, 0.15) is 22.3 Å². The molecule has 0 saturated carbocycles. The number of rotatable bonds is 17. The molecule has 2 aromatic heterocycles. The lowest BCUT2D eigenvalue weighted by Gasteiger charge is -2.07. The molecule has 0 aliphatic heterocycles. The van der Waals surface area contributed by atoms with Crippen LogP contribution in [-0.2, 0) is 18.9 Å². The van der Waals surface area contributed by atoms with Crippen molar-refractivity contribution in [2.45, 2.75) is 0 Å². The maximum atomic E-state index is 6.39. The summed E-state index contributed by atoms with van der Waals surface area (Å²) in [5.41, 5.74) is 2.94. The maximum Gasteiger partial charge on any atom is 0.387 e. The van der Waals surface area contributed by atoms with Gasteiger partial charge in [-0.15, -0.1) is 0 Å². The first-order valence-corrected chi connectivity index (χ1v) is 22.9. The molecule has 0 aliphatic rings. The molecule has 62 heavy (non-hydrogen) atoms. The van der Waals surface area contributed by atoms with Crippen LogP contribution < -0.4 is 9.05 Å². The summed E-state index contributed by atoms with van der Waals surface area (Å²) in [5, 5.41) is 13.0. The normalized spacial score (nSPS) is 11.9. The highest BCUT2D eigenvalue weighted by molar-refractivity contribution is 7.32. The Kier molecular flexibility index (Phi) is 12.5. The lowest BCUT2D eigenvalue weighted by molar-refractivity contribution is -0.00523. The number of hydrogen-bond acceptors (Lipinski definition) is 10. The zero-order valence-electron chi connectivity index (χ0n) is 33.9. The monoisotopic (exact) mass is 866 g/mol. The molecule has 10 aromatic rings. The topological polar surface area (TPSA) is 108 Å². The Bertz CT molecular complexity index is 2840. The first kappa shape index (κ1) is 40.4. The van der Waals surface area contributed by atoms with Gasteiger partial charge in [0.2, 0.25) is 0 Å². The standard InChI is InChI=1S/C50H44O10P2/c1-5-13-39-35(9-1)17-21-43-47(39)48-40-14-6-2-10-36(40)18-22-44(48)58-61(57-43)55-33-31-53-29-27-51-25-26-52-28-30-54-32-34-56-62-59-45-23-19-37-11-3-7-15-41(37)49(45)50-42-16-8-4-12-38(42)20-24-46(50)60-62/h1-24H,25-34H2. The molecular formula is C50H44O10P2. The molecule has 0 atom stereocenters. The van der Waals surface area contributed by atoms with Gasteiger partial charge in [0.25, 0.3) is 0 Å². The second-order valence-electron chi connectivity index (χ2n) is 14.6. The van der Waals surface area contributed by atoms with Gasteiger partial charge in [-0.2, -0.15) is 0 Å². The van der Waals surface area contributed by atoms with E-state index < -0.39 is 16.5 Å². The third-order valence-corrected chi connectivity index (χ3v) is 12.9. The van der Waals surface area contributed by atoms with Crippen LogP contribution in [0.1, 0.15) is 0 Å². The molecule has 12 heteroatoms.